The van der Waals surface area contributed by atoms with E-state index in [2.05, 4.69) is 4.98 Å². The number of amides is 2. The Hall–Kier alpha value is -2.31. The van der Waals surface area contributed by atoms with Crippen LogP contribution in [-0.2, 0) is 10.3 Å². The standard InChI is InChI=1S/C18H27N3O4/c1-16(2,3)20(14(22)23)21(15(24)25-17(4,5)6)18(9-10-18)13-8-7-11-19-12-13/h7-8,11-12H,9-10H2,1-6H3,(H,22,23). The highest BCUT2D eigenvalue weighted by Crippen LogP contribution is 2.52. The van der Waals surface area contributed by atoms with Crippen molar-refractivity contribution in [2.24, 2.45) is 0 Å². The molecule has 0 unspecified atom stereocenters. The molecule has 0 spiro atoms. The topological polar surface area (TPSA) is 83.0 Å². The third-order valence-electron chi connectivity index (χ3n) is 3.91. The Labute approximate surface area is 148 Å². The molecule has 0 bridgehead atoms. The van der Waals surface area contributed by atoms with Crippen LogP contribution in [0.5, 0.6) is 0 Å². The zero-order valence-corrected chi connectivity index (χ0v) is 15.7. The smallest absolute Gasteiger partial charge is 0.430 e. The van der Waals surface area contributed by atoms with Gasteiger partial charge in [-0.05, 0) is 66.0 Å². The van der Waals surface area contributed by atoms with E-state index in [1.165, 1.54) is 5.01 Å². The summed E-state index contributed by atoms with van der Waals surface area (Å²) in [5.41, 5.74) is -1.50. The number of hydrogen-bond acceptors (Lipinski definition) is 4. The van der Waals surface area contributed by atoms with Gasteiger partial charge in [-0.15, -0.1) is 0 Å². The number of hydrazine groups is 1. The van der Waals surface area contributed by atoms with E-state index in [-0.39, 0.29) is 0 Å². The van der Waals surface area contributed by atoms with Crippen molar-refractivity contribution in [1.29, 1.82) is 0 Å². The third kappa shape index (κ3) is 4.03. The molecule has 1 heterocycles. The average molecular weight is 349 g/mol. The highest BCUT2D eigenvalue weighted by Gasteiger charge is 2.58. The van der Waals surface area contributed by atoms with Gasteiger partial charge < -0.3 is 9.84 Å². The van der Waals surface area contributed by atoms with E-state index in [0.29, 0.717) is 12.8 Å². The zero-order chi connectivity index (χ0) is 19.0. The first-order valence-electron chi connectivity index (χ1n) is 8.35. The van der Waals surface area contributed by atoms with E-state index in [4.69, 9.17) is 4.74 Å². The molecule has 1 aromatic rings. The van der Waals surface area contributed by atoms with Crippen molar-refractivity contribution in [3.63, 3.8) is 0 Å². The first-order chi connectivity index (χ1) is 11.4. The van der Waals surface area contributed by atoms with Crippen LogP contribution in [0.15, 0.2) is 24.5 Å². The van der Waals surface area contributed by atoms with Gasteiger partial charge in [0.05, 0.1) is 11.1 Å². The van der Waals surface area contributed by atoms with Gasteiger partial charge in [-0.2, -0.15) is 0 Å². The first kappa shape index (κ1) is 19.0. The molecule has 1 N–H and O–H groups in total. The fourth-order valence-electron chi connectivity index (χ4n) is 2.80. The lowest BCUT2D eigenvalue weighted by Crippen LogP contribution is -2.62. The van der Waals surface area contributed by atoms with Crippen molar-refractivity contribution >= 4 is 12.2 Å². The summed E-state index contributed by atoms with van der Waals surface area (Å²) in [5, 5.41) is 12.2. The van der Waals surface area contributed by atoms with Crippen molar-refractivity contribution in [3.8, 4) is 0 Å². The highest BCUT2D eigenvalue weighted by molar-refractivity contribution is 5.75. The summed E-state index contributed by atoms with van der Waals surface area (Å²) in [7, 11) is 0. The lowest BCUT2D eigenvalue weighted by Gasteiger charge is -2.45. The van der Waals surface area contributed by atoms with Gasteiger partial charge in [0.1, 0.15) is 5.60 Å². The molecule has 0 aliphatic heterocycles. The van der Waals surface area contributed by atoms with E-state index < -0.39 is 28.9 Å². The minimum absolute atomic E-state index is 0.651. The number of carbonyl (C=O) groups is 2. The molecule has 1 aliphatic rings. The Bertz CT molecular complexity index is 643. The van der Waals surface area contributed by atoms with Crippen molar-refractivity contribution in [2.75, 3.05) is 0 Å². The summed E-state index contributed by atoms with van der Waals surface area (Å²) in [6, 6.07) is 3.64. The van der Waals surface area contributed by atoms with Crippen LogP contribution in [0.2, 0.25) is 0 Å². The SMILES string of the molecule is CC(C)(C)OC(=O)N(N(C(=O)O)C(C)(C)C)C1(c2cccnc2)CC1. The fourth-order valence-corrected chi connectivity index (χ4v) is 2.80. The largest absolute Gasteiger partial charge is 0.464 e. The molecule has 25 heavy (non-hydrogen) atoms. The molecule has 1 aliphatic carbocycles. The molecule has 0 radical (unpaired) electrons. The van der Waals surface area contributed by atoms with Crippen molar-refractivity contribution < 1.29 is 19.4 Å². The van der Waals surface area contributed by atoms with E-state index >= 15 is 0 Å². The molecular weight excluding hydrogens is 322 g/mol. The zero-order valence-electron chi connectivity index (χ0n) is 15.7. The maximum atomic E-state index is 13.0. The number of rotatable bonds is 2. The summed E-state index contributed by atoms with van der Waals surface area (Å²) < 4.78 is 5.54. The average Bonchev–Trinajstić information content (AvgIpc) is 3.23. The Balaban J connectivity index is 2.53. The molecule has 1 aromatic heterocycles. The van der Waals surface area contributed by atoms with Crippen LogP contribution >= 0.6 is 0 Å². The van der Waals surface area contributed by atoms with Crippen LogP contribution in [0.25, 0.3) is 0 Å². The van der Waals surface area contributed by atoms with Gasteiger partial charge in [-0.3, -0.25) is 4.98 Å². The molecule has 0 saturated heterocycles. The number of carboxylic acid groups (broad SMARTS) is 1. The van der Waals surface area contributed by atoms with Crippen LogP contribution in [0.3, 0.4) is 0 Å². The molecule has 0 atom stereocenters. The van der Waals surface area contributed by atoms with Gasteiger partial charge >= 0.3 is 12.2 Å². The molecule has 1 saturated carbocycles. The fraction of sp³-hybridized carbons (Fsp3) is 0.611. The molecule has 7 heteroatoms. The Morgan fingerprint density at radius 2 is 1.80 bits per heavy atom. The summed E-state index contributed by atoms with van der Waals surface area (Å²) in [5.74, 6) is 0. The van der Waals surface area contributed by atoms with Crippen LogP contribution < -0.4 is 0 Å². The van der Waals surface area contributed by atoms with Crippen LogP contribution in [-0.4, -0.2) is 43.4 Å². The predicted octanol–water partition coefficient (Wildman–Crippen LogP) is 4.00. The van der Waals surface area contributed by atoms with Gasteiger partial charge in [-0.25, -0.2) is 19.6 Å². The number of pyridine rings is 1. The second-order valence-electron chi connectivity index (χ2n) is 8.33. The summed E-state index contributed by atoms with van der Waals surface area (Å²) in [6.45, 7) is 10.5. The normalized spacial score (nSPS) is 16.1. The van der Waals surface area contributed by atoms with Gasteiger partial charge in [0.2, 0.25) is 0 Å². The first-order valence-corrected chi connectivity index (χ1v) is 8.35. The van der Waals surface area contributed by atoms with Crippen molar-refractivity contribution in [3.05, 3.63) is 30.1 Å². The van der Waals surface area contributed by atoms with E-state index in [9.17, 15) is 14.7 Å². The van der Waals surface area contributed by atoms with Gasteiger partial charge in [0.25, 0.3) is 0 Å². The molecule has 0 aromatic carbocycles. The van der Waals surface area contributed by atoms with Crippen LogP contribution in [0, 0.1) is 0 Å². The Morgan fingerprint density at radius 3 is 2.16 bits per heavy atom. The second-order valence-corrected chi connectivity index (χ2v) is 8.33. The Morgan fingerprint density at radius 1 is 1.20 bits per heavy atom. The summed E-state index contributed by atoms with van der Waals surface area (Å²) in [6.07, 6.45) is 2.75. The second kappa shape index (κ2) is 6.20. The molecule has 2 rings (SSSR count). The van der Waals surface area contributed by atoms with Gasteiger partial charge in [0.15, 0.2) is 0 Å². The summed E-state index contributed by atoms with van der Waals surface area (Å²) in [4.78, 5) is 29.1. The molecular formula is C18H27N3O4. The molecule has 138 valence electrons. The number of aromatic nitrogens is 1. The summed E-state index contributed by atoms with van der Waals surface area (Å²) >= 11 is 0. The lowest BCUT2D eigenvalue weighted by molar-refractivity contribution is -0.104. The van der Waals surface area contributed by atoms with E-state index in [1.807, 2.05) is 6.07 Å². The quantitative estimate of drug-likeness (QED) is 0.816. The number of hydrogen-bond donors (Lipinski definition) is 1. The van der Waals surface area contributed by atoms with E-state index in [0.717, 1.165) is 10.6 Å². The number of nitrogens with zero attached hydrogens (tertiary/aromatic N) is 3. The van der Waals surface area contributed by atoms with Gasteiger partial charge in [-0.1, -0.05) is 6.07 Å². The highest BCUT2D eigenvalue weighted by atomic mass is 16.6. The molecule has 1 fully saturated rings. The minimum Gasteiger partial charge on any atom is -0.464 e. The maximum Gasteiger partial charge on any atom is 0.430 e. The maximum absolute atomic E-state index is 13.0. The van der Waals surface area contributed by atoms with Crippen LogP contribution in [0.4, 0.5) is 9.59 Å². The number of ether oxygens (including phenoxy) is 1. The molecule has 7 nitrogen and oxygen atoms in total. The van der Waals surface area contributed by atoms with Crippen molar-refractivity contribution in [2.45, 2.75) is 71.1 Å². The third-order valence-corrected chi connectivity index (χ3v) is 3.91. The lowest BCUT2D eigenvalue weighted by atomic mass is 10.0. The monoisotopic (exact) mass is 349 g/mol. The predicted molar refractivity (Wildman–Crippen MR) is 92.8 cm³/mol. The minimum atomic E-state index is -1.20. The Kier molecular flexibility index (Phi) is 4.72. The number of carbonyl (C=O) groups excluding carboxylic acids is 1. The van der Waals surface area contributed by atoms with E-state index in [1.54, 1.807) is 60.0 Å². The molecule has 2 amide bonds. The van der Waals surface area contributed by atoms with Crippen molar-refractivity contribution in [1.82, 2.24) is 15.0 Å². The van der Waals surface area contributed by atoms with Gasteiger partial charge in [0, 0.05) is 12.4 Å². The van der Waals surface area contributed by atoms with Crippen LogP contribution in [0.1, 0.15) is 59.9 Å².